The van der Waals surface area contributed by atoms with Gasteiger partial charge in [0.05, 0.1) is 25.9 Å². The molecule has 1 aliphatic carbocycles. The molecule has 3 aromatic rings. The van der Waals surface area contributed by atoms with Gasteiger partial charge in [0, 0.05) is 27.4 Å². The Hall–Kier alpha value is -2.79. The second kappa shape index (κ2) is 8.07. The van der Waals surface area contributed by atoms with Crippen LogP contribution in [0.5, 0.6) is 5.75 Å². The Morgan fingerprint density at radius 2 is 2.04 bits per heavy atom. The molecule has 0 saturated carbocycles. The van der Waals surface area contributed by atoms with E-state index < -0.39 is 0 Å². The standard InChI is InChI=1S/C22H22ClN3O2/c1-28-21-8-3-2-5-16(21)14-26-20-7-4-6-19(18(20)13-24-26)25-22(27)15-9-11-17(23)12-10-15/h2-3,5,8-13,19H,4,6-7,14H2,1H3,(H,25,27). The molecule has 0 spiro atoms. The zero-order chi connectivity index (χ0) is 19.5. The molecule has 1 unspecified atom stereocenters. The number of hydrogen-bond acceptors (Lipinski definition) is 3. The molecule has 0 fully saturated rings. The molecule has 28 heavy (non-hydrogen) atoms. The highest BCUT2D eigenvalue weighted by Crippen LogP contribution is 2.31. The van der Waals surface area contributed by atoms with Crippen LogP contribution in [0.2, 0.25) is 5.02 Å². The molecule has 0 aliphatic heterocycles. The maximum absolute atomic E-state index is 12.6. The minimum absolute atomic E-state index is 0.0293. The molecule has 1 N–H and O–H groups in total. The van der Waals surface area contributed by atoms with Crippen molar-refractivity contribution in [2.24, 2.45) is 0 Å². The molecular weight excluding hydrogens is 374 g/mol. The van der Waals surface area contributed by atoms with Gasteiger partial charge in [0.15, 0.2) is 0 Å². The normalized spacial score (nSPS) is 15.7. The number of ether oxygens (including phenoxy) is 1. The maximum Gasteiger partial charge on any atom is 0.251 e. The lowest BCUT2D eigenvalue weighted by atomic mass is 9.92. The molecular formula is C22H22ClN3O2. The van der Waals surface area contributed by atoms with E-state index in [1.807, 2.05) is 29.1 Å². The lowest BCUT2D eigenvalue weighted by Gasteiger charge is -2.24. The number of para-hydroxylation sites is 1. The Labute approximate surface area is 169 Å². The Bertz CT molecular complexity index is 982. The summed E-state index contributed by atoms with van der Waals surface area (Å²) in [6.45, 7) is 0.650. The number of carbonyl (C=O) groups excluding carboxylic acids is 1. The Morgan fingerprint density at radius 3 is 2.82 bits per heavy atom. The number of amides is 1. The number of rotatable bonds is 5. The molecule has 0 saturated heterocycles. The summed E-state index contributed by atoms with van der Waals surface area (Å²) in [5.74, 6) is 0.766. The van der Waals surface area contributed by atoms with Gasteiger partial charge in [-0.1, -0.05) is 29.8 Å². The summed E-state index contributed by atoms with van der Waals surface area (Å²) in [5.41, 5.74) is 3.98. The zero-order valence-corrected chi connectivity index (χ0v) is 16.4. The van der Waals surface area contributed by atoms with Crippen molar-refractivity contribution in [3.63, 3.8) is 0 Å². The van der Waals surface area contributed by atoms with Gasteiger partial charge >= 0.3 is 0 Å². The summed E-state index contributed by atoms with van der Waals surface area (Å²) in [4.78, 5) is 12.6. The molecule has 1 aliphatic rings. The Balaban J connectivity index is 1.54. The van der Waals surface area contributed by atoms with Crippen molar-refractivity contribution in [1.29, 1.82) is 0 Å². The van der Waals surface area contributed by atoms with Crippen molar-refractivity contribution in [2.45, 2.75) is 31.8 Å². The first-order valence-corrected chi connectivity index (χ1v) is 9.76. The van der Waals surface area contributed by atoms with Crippen LogP contribution < -0.4 is 10.1 Å². The maximum atomic E-state index is 12.6. The number of methoxy groups -OCH3 is 1. The van der Waals surface area contributed by atoms with Crippen molar-refractivity contribution < 1.29 is 9.53 Å². The number of aromatic nitrogens is 2. The van der Waals surface area contributed by atoms with E-state index in [0.717, 1.165) is 36.1 Å². The third kappa shape index (κ3) is 3.76. The van der Waals surface area contributed by atoms with Crippen LogP contribution in [0.1, 0.15) is 46.1 Å². The van der Waals surface area contributed by atoms with Crippen molar-refractivity contribution in [2.75, 3.05) is 7.11 Å². The molecule has 1 atom stereocenters. The van der Waals surface area contributed by atoms with E-state index in [-0.39, 0.29) is 11.9 Å². The lowest BCUT2D eigenvalue weighted by molar-refractivity contribution is 0.0932. The first-order valence-electron chi connectivity index (χ1n) is 9.38. The van der Waals surface area contributed by atoms with Crippen molar-refractivity contribution in [1.82, 2.24) is 15.1 Å². The summed E-state index contributed by atoms with van der Waals surface area (Å²) < 4.78 is 7.48. The van der Waals surface area contributed by atoms with E-state index >= 15 is 0 Å². The van der Waals surface area contributed by atoms with Crippen molar-refractivity contribution in [3.8, 4) is 5.75 Å². The van der Waals surface area contributed by atoms with Crippen LogP contribution in [0.25, 0.3) is 0 Å². The van der Waals surface area contributed by atoms with Crippen LogP contribution in [-0.4, -0.2) is 22.8 Å². The van der Waals surface area contributed by atoms with Gasteiger partial charge in [-0.15, -0.1) is 0 Å². The fourth-order valence-electron chi connectivity index (χ4n) is 3.74. The smallest absolute Gasteiger partial charge is 0.251 e. The number of nitrogens with one attached hydrogen (secondary N) is 1. The van der Waals surface area contributed by atoms with E-state index in [1.165, 1.54) is 5.69 Å². The number of hydrogen-bond donors (Lipinski definition) is 1. The van der Waals surface area contributed by atoms with Crippen LogP contribution >= 0.6 is 11.6 Å². The number of carbonyl (C=O) groups is 1. The highest BCUT2D eigenvalue weighted by atomic mass is 35.5. The third-order valence-electron chi connectivity index (χ3n) is 5.19. The topological polar surface area (TPSA) is 56.1 Å². The molecule has 1 heterocycles. The van der Waals surface area contributed by atoms with Crippen molar-refractivity contribution in [3.05, 3.63) is 82.1 Å². The van der Waals surface area contributed by atoms with Crippen LogP contribution in [-0.2, 0) is 13.0 Å². The number of nitrogens with zero attached hydrogens (tertiary/aromatic N) is 2. The minimum Gasteiger partial charge on any atom is -0.496 e. The zero-order valence-electron chi connectivity index (χ0n) is 15.7. The molecule has 0 radical (unpaired) electrons. The highest BCUT2D eigenvalue weighted by Gasteiger charge is 2.26. The summed E-state index contributed by atoms with van der Waals surface area (Å²) >= 11 is 5.91. The van der Waals surface area contributed by atoms with E-state index in [1.54, 1.807) is 31.4 Å². The number of fused-ring (bicyclic) bond motifs is 1. The van der Waals surface area contributed by atoms with Crippen LogP contribution in [0.4, 0.5) is 0 Å². The first-order chi connectivity index (χ1) is 13.7. The van der Waals surface area contributed by atoms with Gasteiger partial charge in [0.2, 0.25) is 0 Å². The first kappa shape index (κ1) is 18.6. The van der Waals surface area contributed by atoms with Crippen LogP contribution in [0.15, 0.2) is 54.7 Å². The average Bonchev–Trinajstić information content (AvgIpc) is 3.13. The van der Waals surface area contributed by atoms with Gasteiger partial charge in [-0.2, -0.15) is 5.10 Å². The lowest BCUT2D eigenvalue weighted by Crippen LogP contribution is -2.31. The van der Waals surface area contributed by atoms with E-state index in [0.29, 0.717) is 17.1 Å². The van der Waals surface area contributed by atoms with Crippen LogP contribution in [0, 0.1) is 0 Å². The number of benzene rings is 2. The van der Waals surface area contributed by atoms with Gasteiger partial charge in [-0.25, -0.2) is 0 Å². The largest absolute Gasteiger partial charge is 0.496 e. The summed E-state index contributed by atoms with van der Waals surface area (Å²) in [7, 11) is 1.68. The van der Waals surface area contributed by atoms with E-state index in [2.05, 4.69) is 16.5 Å². The third-order valence-corrected chi connectivity index (χ3v) is 5.44. The summed E-state index contributed by atoms with van der Waals surface area (Å²) in [5, 5.41) is 8.37. The minimum atomic E-state index is -0.0907. The molecule has 0 bridgehead atoms. The van der Waals surface area contributed by atoms with Gasteiger partial charge in [0.1, 0.15) is 5.75 Å². The Morgan fingerprint density at radius 1 is 1.25 bits per heavy atom. The second-order valence-electron chi connectivity index (χ2n) is 6.94. The monoisotopic (exact) mass is 395 g/mol. The average molecular weight is 396 g/mol. The van der Waals surface area contributed by atoms with Gasteiger partial charge in [-0.05, 0) is 49.6 Å². The van der Waals surface area contributed by atoms with E-state index in [4.69, 9.17) is 16.3 Å². The fraction of sp³-hybridized carbons (Fsp3) is 0.273. The van der Waals surface area contributed by atoms with Gasteiger partial charge in [0.25, 0.3) is 5.91 Å². The highest BCUT2D eigenvalue weighted by molar-refractivity contribution is 6.30. The fourth-order valence-corrected chi connectivity index (χ4v) is 3.87. The predicted molar refractivity (Wildman–Crippen MR) is 109 cm³/mol. The number of halogens is 1. The molecule has 6 heteroatoms. The van der Waals surface area contributed by atoms with Gasteiger partial charge < -0.3 is 10.1 Å². The molecule has 144 valence electrons. The molecule has 1 amide bonds. The SMILES string of the molecule is COc1ccccc1Cn1ncc2c1CCCC2NC(=O)c1ccc(Cl)cc1. The predicted octanol–water partition coefficient (Wildman–Crippen LogP) is 4.40. The molecule has 5 nitrogen and oxygen atoms in total. The molecule has 4 rings (SSSR count). The quantitative estimate of drug-likeness (QED) is 0.696. The summed E-state index contributed by atoms with van der Waals surface area (Å²) in [6.07, 6.45) is 4.76. The molecule has 1 aromatic heterocycles. The van der Waals surface area contributed by atoms with E-state index in [9.17, 15) is 4.79 Å². The Kier molecular flexibility index (Phi) is 5.35. The van der Waals surface area contributed by atoms with Crippen LogP contribution in [0.3, 0.4) is 0 Å². The van der Waals surface area contributed by atoms with Gasteiger partial charge in [-0.3, -0.25) is 9.48 Å². The summed E-state index contributed by atoms with van der Waals surface area (Å²) in [6, 6.07) is 14.9. The second-order valence-corrected chi connectivity index (χ2v) is 7.38. The molecule has 2 aromatic carbocycles. The van der Waals surface area contributed by atoms with Crippen molar-refractivity contribution >= 4 is 17.5 Å².